The fourth-order valence-electron chi connectivity index (χ4n) is 1.81. The van der Waals surface area contributed by atoms with E-state index >= 15 is 0 Å². The van der Waals surface area contributed by atoms with Crippen LogP contribution in [0.4, 0.5) is 0 Å². The van der Waals surface area contributed by atoms with E-state index in [0.29, 0.717) is 24.5 Å². The van der Waals surface area contributed by atoms with E-state index in [-0.39, 0.29) is 18.6 Å². The van der Waals surface area contributed by atoms with E-state index < -0.39 is 0 Å². The zero-order valence-corrected chi connectivity index (χ0v) is 11.9. The fraction of sp³-hybridized carbons (Fsp3) is 0.533. The Morgan fingerprint density at radius 2 is 2.16 bits per heavy atom. The summed E-state index contributed by atoms with van der Waals surface area (Å²) >= 11 is 0. The first-order valence-corrected chi connectivity index (χ1v) is 6.74. The van der Waals surface area contributed by atoms with Crippen LogP contribution in [0.15, 0.2) is 24.3 Å². The summed E-state index contributed by atoms with van der Waals surface area (Å²) in [5.74, 6) is 0.631. The van der Waals surface area contributed by atoms with Gasteiger partial charge in [0.15, 0.2) is 0 Å². The van der Waals surface area contributed by atoms with Crippen LogP contribution < -0.4 is 4.74 Å². The second-order valence-electron chi connectivity index (χ2n) is 4.69. The molecule has 0 fully saturated rings. The third-order valence-corrected chi connectivity index (χ3v) is 2.78. The summed E-state index contributed by atoms with van der Waals surface area (Å²) in [6.45, 7) is 6.86. The maximum absolute atomic E-state index is 12.4. The first kappa shape index (κ1) is 15.5. The van der Waals surface area contributed by atoms with Crippen molar-refractivity contribution in [2.45, 2.75) is 33.2 Å². The first-order valence-electron chi connectivity index (χ1n) is 6.74. The number of carbonyl (C=O) groups is 1. The first-order chi connectivity index (χ1) is 9.10. The smallest absolute Gasteiger partial charge is 0.254 e. The Bertz CT molecular complexity index is 404. The second kappa shape index (κ2) is 7.79. The van der Waals surface area contributed by atoms with Gasteiger partial charge in [-0.2, -0.15) is 0 Å². The lowest BCUT2D eigenvalue weighted by Crippen LogP contribution is -2.39. The molecule has 1 N–H and O–H groups in total. The number of amides is 1. The Labute approximate surface area is 115 Å². The van der Waals surface area contributed by atoms with Crippen LogP contribution in [0.25, 0.3) is 0 Å². The van der Waals surface area contributed by atoms with E-state index in [9.17, 15) is 4.79 Å². The molecule has 0 aromatic heterocycles. The number of nitrogens with zero attached hydrogens (tertiary/aromatic N) is 1. The van der Waals surface area contributed by atoms with E-state index in [0.717, 1.165) is 6.42 Å². The van der Waals surface area contributed by atoms with Crippen LogP contribution in [-0.4, -0.2) is 41.7 Å². The molecule has 0 spiro atoms. The largest absolute Gasteiger partial charge is 0.494 e. The van der Waals surface area contributed by atoms with Gasteiger partial charge in [0.2, 0.25) is 0 Å². The minimum atomic E-state index is -0.0778. The standard InChI is InChI=1S/C15H23NO3/c1-4-10-19-14-7-5-6-13(11-14)15(18)16(8-9-17)12(2)3/h5-7,11-12,17H,4,8-10H2,1-3H3. The molecule has 0 aliphatic heterocycles. The molecule has 4 nitrogen and oxygen atoms in total. The number of rotatable bonds is 7. The highest BCUT2D eigenvalue weighted by Crippen LogP contribution is 2.16. The molecule has 0 aliphatic carbocycles. The van der Waals surface area contributed by atoms with Gasteiger partial charge in [-0.05, 0) is 38.5 Å². The molecular formula is C15H23NO3. The highest BCUT2D eigenvalue weighted by molar-refractivity contribution is 5.94. The Balaban J connectivity index is 2.85. The molecule has 1 aromatic carbocycles. The minimum absolute atomic E-state index is 0.0318. The van der Waals surface area contributed by atoms with Crippen LogP contribution in [-0.2, 0) is 0 Å². The number of ether oxygens (including phenoxy) is 1. The Kier molecular flexibility index (Phi) is 6.36. The van der Waals surface area contributed by atoms with Gasteiger partial charge in [-0.1, -0.05) is 13.0 Å². The lowest BCUT2D eigenvalue weighted by atomic mass is 10.1. The second-order valence-corrected chi connectivity index (χ2v) is 4.69. The molecule has 0 bridgehead atoms. The molecule has 0 unspecified atom stereocenters. The lowest BCUT2D eigenvalue weighted by molar-refractivity contribution is 0.0665. The molecule has 1 amide bonds. The predicted octanol–water partition coefficient (Wildman–Crippen LogP) is 2.32. The van der Waals surface area contributed by atoms with Crippen LogP contribution in [0, 0.1) is 0 Å². The van der Waals surface area contributed by atoms with Crippen LogP contribution in [0.2, 0.25) is 0 Å². The molecular weight excluding hydrogens is 242 g/mol. The number of aliphatic hydroxyl groups is 1. The molecule has 0 atom stereocenters. The van der Waals surface area contributed by atoms with Gasteiger partial charge in [0, 0.05) is 18.2 Å². The summed E-state index contributed by atoms with van der Waals surface area (Å²) in [6.07, 6.45) is 0.931. The van der Waals surface area contributed by atoms with Crippen molar-refractivity contribution in [1.29, 1.82) is 0 Å². The molecule has 0 saturated carbocycles. The Morgan fingerprint density at radius 1 is 1.42 bits per heavy atom. The van der Waals surface area contributed by atoms with Crippen molar-refractivity contribution in [2.24, 2.45) is 0 Å². The average Bonchev–Trinajstić information content (AvgIpc) is 2.41. The third-order valence-electron chi connectivity index (χ3n) is 2.78. The maximum atomic E-state index is 12.4. The third kappa shape index (κ3) is 4.56. The predicted molar refractivity (Wildman–Crippen MR) is 75.5 cm³/mol. The normalized spacial score (nSPS) is 10.6. The number of benzene rings is 1. The van der Waals surface area contributed by atoms with E-state index in [1.807, 2.05) is 32.9 Å². The summed E-state index contributed by atoms with van der Waals surface area (Å²) in [7, 11) is 0. The van der Waals surface area contributed by atoms with Gasteiger partial charge in [0.1, 0.15) is 5.75 Å². The molecule has 0 heterocycles. The SMILES string of the molecule is CCCOc1cccc(C(=O)N(CCO)C(C)C)c1. The number of aliphatic hydroxyl groups excluding tert-OH is 1. The molecule has 0 saturated heterocycles. The Morgan fingerprint density at radius 3 is 2.74 bits per heavy atom. The summed E-state index contributed by atoms with van der Waals surface area (Å²) in [6, 6.07) is 7.24. The van der Waals surface area contributed by atoms with Crippen molar-refractivity contribution in [1.82, 2.24) is 4.90 Å². The van der Waals surface area contributed by atoms with Gasteiger partial charge in [-0.15, -0.1) is 0 Å². The van der Waals surface area contributed by atoms with E-state index in [1.54, 1.807) is 17.0 Å². The van der Waals surface area contributed by atoms with Crippen molar-refractivity contribution in [2.75, 3.05) is 19.8 Å². The van der Waals surface area contributed by atoms with Crippen LogP contribution in [0.1, 0.15) is 37.6 Å². The van der Waals surface area contributed by atoms with Crippen molar-refractivity contribution >= 4 is 5.91 Å². The quantitative estimate of drug-likeness (QED) is 0.823. The molecule has 1 aromatic rings. The summed E-state index contributed by atoms with van der Waals surface area (Å²) in [5, 5.41) is 9.03. The number of carbonyl (C=O) groups excluding carboxylic acids is 1. The summed E-state index contributed by atoms with van der Waals surface area (Å²) in [5.41, 5.74) is 0.593. The number of hydrogen-bond donors (Lipinski definition) is 1. The van der Waals surface area contributed by atoms with Gasteiger partial charge < -0.3 is 14.7 Å². The molecule has 19 heavy (non-hydrogen) atoms. The van der Waals surface area contributed by atoms with Crippen molar-refractivity contribution in [3.05, 3.63) is 29.8 Å². The average molecular weight is 265 g/mol. The Hall–Kier alpha value is -1.55. The van der Waals surface area contributed by atoms with Crippen molar-refractivity contribution in [3.8, 4) is 5.75 Å². The lowest BCUT2D eigenvalue weighted by Gasteiger charge is -2.26. The summed E-state index contributed by atoms with van der Waals surface area (Å²) in [4.78, 5) is 14.0. The van der Waals surface area contributed by atoms with Crippen LogP contribution in [0.3, 0.4) is 0 Å². The van der Waals surface area contributed by atoms with Gasteiger partial charge >= 0.3 is 0 Å². The molecule has 1 rings (SSSR count). The molecule has 0 radical (unpaired) electrons. The van der Waals surface area contributed by atoms with Gasteiger partial charge in [0.25, 0.3) is 5.91 Å². The van der Waals surface area contributed by atoms with Crippen LogP contribution in [0.5, 0.6) is 5.75 Å². The van der Waals surface area contributed by atoms with E-state index in [2.05, 4.69) is 0 Å². The molecule has 106 valence electrons. The highest BCUT2D eigenvalue weighted by atomic mass is 16.5. The van der Waals surface area contributed by atoms with Crippen molar-refractivity contribution in [3.63, 3.8) is 0 Å². The molecule has 4 heteroatoms. The fourth-order valence-corrected chi connectivity index (χ4v) is 1.81. The van der Waals surface area contributed by atoms with E-state index in [4.69, 9.17) is 9.84 Å². The van der Waals surface area contributed by atoms with Gasteiger partial charge in [0.05, 0.1) is 13.2 Å². The monoisotopic (exact) mass is 265 g/mol. The van der Waals surface area contributed by atoms with Gasteiger partial charge in [-0.25, -0.2) is 0 Å². The van der Waals surface area contributed by atoms with Crippen molar-refractivity contribution < 1.29 is 14.6 Å². The zero-order chi connectivity index (χ0) is 14.3. The summed E-state index contributed by atoms with van der Waals surface area (Å²) < 4.78 is 5.53. The van der Waals surface area contributed by atoms with E-state index in [1.165, 1.54) is 0 Å². The van der Waals surface area contributed by atoms with Gasteiger partial charge in [-0.3, -0.25) is 4.79 Å². The van der Waals surface area contributed by atoms with Crippen LogP contribution >= 0.6 is 0 Å². The zero-order valence-electron chi connectivity index (χ0n) is 11.9. The number of hydrogen-bond acceptors (Lipinski definition) is 3. The minimum Gasteiger partial charge on any atom is -0.494 e. The topological polar surface area (TPSA) is 49.8 Å². The highest BCUT2D eigenvalue weighted by Gasteiger charge is 2.18. The maximum Gasteiger partial charge on any atom is 0.254 e. The molecule has 0 aliphatic rings.